The van der Waals surface area contributed by atoms with Crippen LogP contribution in [-0.4, -0.2) is 41.4 Å². The van der Waals surface area contributed by atoms with Crippen LogP contribution >= 0.6 is 34.8 Å². The lowest BCUT2D eigenvalue weighted by atomic mass is 9.97. The largest absolute Gasteiger partial charge is 0.482 e. The van der Waals surface area contributed by atoms with E-state index in [-0.39, 0.29) is 24.3 Å². The predicted octanol–water partition coefficient (Wildman–Crippen LogP) is 4.30. The molecular formula is C19H18Cl3N3O3. The Kier molecular flexibility index (Phi) is 6.99. The summed E-state index contributed by atoms with van der Waals surface area (Å²) in [5.41, 5.74) is 0. The number of carbonyl (C=O) groups excluding carboxylic acids is 2. The molecule has 6 nitrogen and oxygen atoms in total. The minimum Gasteiger partial charge on any atom is -0.482 e. The minimum atomic E-state index is -0.315. The van der Waals surface area contributed by atoms with Crippen LogP contribution in [0.1, 0.15) is 12.8 Å². The molecule has 2 heterocycles. The molecule has 9 heteroatoms. The maximum absolute atomic E-state index is 12.5. The van der Waals surface area contributed by atoms with Crippen LogP contribution in [0.5, 0.6) is 5.75 Å². The van der Waals surface area contributed by atoms with Gasteiger partial charge in [-0.05, 0) is 37.1 Å². The molecule has 3 rings (SSSR count). The molecule has 1 saturated heterocycles. The third-order valence-corrected chi connectivity index (χ3v) is 5.14. The monoisotopic (exact) mass is 441 g/mol. The van der Waals surface area contributed by atoms with Crippen molar-refractivity contribution in [1.82, 2.24) is 9.88 Å². The van der Waals surface area contributed by atoms with Gasteiger partial charge in [-0.25, -0.2) is 4.98 Å². The summed E-state index contributed by atoms with van der Waals surface area (Å²) in [4.78, 5) is 30.7. The molecule has 1 N–H and O–H groups in total. The Hall–Kier alpha value is -2.02. The van der Waals surface area contributed by atoms with Gasteiger partial charge in [0.05, 0.1) is 16.0 Å². The number of nitrogens with zero attached hydrogens (tertiary/aromatic N) is 2. The van der Waals surface area contributed by atoms with Crippen LogP contribution < -0.4 is 10.1 Å². The number of benzene rings is 1. The fourth-order valence-corrected chi connectivity index (χ4v) is 3.36. The van der Waals surface area contributed by atoms with Crippen LogP contribution in [-0.2, 0) is 9.59 Å². The van der Waals surface area contributed by atoms with Crippen LogP contribution in [0.4, 0.5) is 5.82 Å². The van der Waals surface area contributed by atoms with E-state index in [4.69, 9.17) is 39.5 Å². The van der Waals surface area contributed by atoms with Gasteiger partial charge in [-0.2, -0.15) is 0 Å². The van der Waals surface area contributed by atoms with E-state index in [0.29, 0.717) is 46.1 Å². The normalized spacial score (nSPS) is 16.5. The lowest BCUT2D eigenvalue weighted by Gasteiger charge is -2.32. The molecule has 0 radical (unpaired) electrons. The van der Waals surface area contributed by atoms with E-state index in [0.717, 1.165) is 6.42 Å². The molecule has 1 aromatic carbocycles. The average molecular weight is 443 g/mol. The Morgan fingerprint density at radius 3 is 2.71 bits per heavy atom. The van der Waals surface area contributed by atoms with E-state index < -0.39 is 0 Å². The van der Waals surface area contributed by atoms with Crippen LogP contribution in [0.25, 0.3) is 0 Å². The number of likely N-dealkylation sites (tertiary alicyclic amines) is 1. The second-order valence-electron chi connectivity index (χ2n) is 6.39. The van der Waals surface area contributed by atoms with Crippen molar-refractivity contribution in [1.29, 1.82) is 0 Å². The van der Waals surface area contributed by atoms with Crippen molar-refractivity contribution in [2.75, 3.05) is 25.0 Å². The van der Waals surface area contributed by atoms with Crippen molar-refractivity contribution >= 4 is 52.4 Å². The van der Waals surface area contributed by atoms with Gasteiger partial charge >= 0.3 is 0 Å². The number of pyridine rings is 1. The molecule has 1 fully saturated rings. The number of halogens is 3. The molecule has 0 spiro atoms. The van der Waals surface area contributed by atoms with Crippen molar-refractivity contribution in [3.63, 3.8) is 0 Å². The highest BCUT2D eigenvalue weighted by atomic mass is 35.5. The number of rotatable bonds is 5. The fraction of sp³-hybridized carbons (Fsp3) is 0.316. The zero-order chi connectivity index (χ0) is 20.1. The van der Waals surface area contributed by atoms with E-state index in [1.54, 1.807) is 35.2 Å². The molecule has 0 bridgehead atoms. The van der Waals surface area contributed by atoms with E-state index in [1.165, 1.54) is 6.20 Å². The van der Waals surface area contributed by atoms with Gasteiger partial charge in [-0.1, -0.05) is 34.8 Å². The molecule has 0 saturated carbocycles. The molecule has 0 aliphatic carbocycles. The Balaban J connectivity index is 1.54. The fourth-order valence-electron chi connectivity index (χ4n) is 2.91. The van der Waals surface area contributed by atoms with Gasteiger partial charge in [-0.15, -0.1) is 0 Å². The lowest BCUT2D eigenvalue weighted by Crippen LogP contribution is -2.45. The van der Waals surface area contributed by atoms with Crippen molar-refractivity contribution in [2.45, 2.75) is 12.8 Å². The average Bonchev–Trinajstić information content (AvgIpc) is 2.70. The summed E-state index contributed by atoms with van der Waals surface area (Å²) in [6.07, 6.45) is 2.89. The lowest BCUT2D eigenvalue weighted by molar-refractivity contribution is -0.136. The standard InChI is InChI=1S/C19H18Cl3N3O3/c20-13-3-5-15(22)16(8-13)28-11-18(26)25-7-1-2-12(10-25)19(27)24-17-6-4-14(21)9-23-17/h3-6,8-9,12H,1-2,7,10-11H2,(H,23,24,27). The van der Waals surface area contributed by atoms with Crippen LogP contribution in [0.2, 0.25) is 15.1 Å². The van der Waals surface area contributed by atoms with Crippen molar-refractivity contribution < 1.29 is 14.3 Å². The summed E-state index contributed by atoms with van der Waals surface area (Å²) in [6.45, 7) is 0.729. The first-order valence-electron chi connectivity index (χ1n) is 8.70. The van der Waals surface area contributed by atoms with Crippen molar-refractivity contribution in [3.05, 3.63) is 51.6 Å². The molecule has 28 heavy (non-hydrogen) atoms. The quantitative estimate of drug-likeness (QED) is 0.749. The third kappa shape index (κ3) is 5.50. The molecule has 2 aromatic rings. The SMILES string of the molecule is O=C(Nc1ccc(Cl)cn1)C1CCCN(C(=O)COc2cc(Cl)ccc2Cl)C1. The van der Waals surface area contributed by atoms with Gasteiger partial charge in [0.1, 0.15) is 11.6 Å². The number of carbonyl (C=O) groups is 2. The molecule has 148 valence electrons. The van der Waals surface area contributed by atoms with Crippen LogP contribution in [0, 0.1) is 5.92 Å². The molecular weight excluding hydrogens is 425 g/mol. The van der Waals surface area contributed by atoms with Gasteiger partial charge in [-0.3, -0.25) is 9.59 Å². The number of ether oxygens (including phenoxy) is 1. The van der Waals surface area contributed by atoms with Gasteiger partial charge in [0.15, 0.2) is 6.61 Å². The number of anilines is 1. The zero-order valence-corrected chi connectivity index (χ0v) is 17.1. The van der Waals surface area contributed by atoms with E-state index in [9.17, 15) is 9.59 Å². The van der Waals surface area contributed by atoms with E-state index >= 15 is 0 Å². The Morgan fingerprint density at radius 1 is 1.18 bits per heavy atom. The molecule has 2 amide bonds. The number of aromatic nitrogens is 1. The molecule has 1 aliphatic heterocycles. The number of hydrogen-bond acceptors (Lipinski definition) is 4. The third-order valence-electron chi connectivity index (χ3n) is 4.37. The maximum Gasteiger partial charge on any atom is 0.260 e. The highest BCUT2D eigenvalue weighted by molar-refractivity contribution is 6.34. The van der Waals surface area contributed by atoms with Gasteiger partial charge in [0.25, 0.3) is 5.91 Å². The second kappa shape index (κ2) is 9.45. The van der Waals surface area contributed by atoms with Gasteiger partial charge in [0, 0.05) is 30.4 Å². The number of hydrogen-bond donors (Lipinski definition) is 1. The molecule has 1 unspecified atom stereocenters. The van der Waals surface area contributed by atoms with Crippen molar-refractivity contribution in [2.24, 2.45) is 5.92 Å². The molecule has 1 aromatic heterocycles. The smallest absolute Gasteiger partial charge is 0.260 e. The van der Waals surface area contributed by atoms with E-state index in [1.807, 2.05) is 0 Å². The Morgan fingerprint density at radius 2 is 1.96 bits per heavy atom. The summed E-state index contributed by atoms with van der Waals surface area (Å²) in [5, 5.41) is 4.10. The molecule has 1 aliphatic rings. The number of nitrogens with one attached hydrogen (secondary N) is 1. The first-order chi connectivity index (χ1) is 13.4. The van der Waals surface area contributed by atoms with Crippen LogP contribution in [0.3, 0.4) is 0 Å². The summed E-state index contributed by atoms with van der Waals surface area (Å²) < 4.78 is 5.50. The Bertz CT molecular complexity index is 861. The highest BCUT2D eigenvalue weighted by Crippen LogP contribution is 2.28. The summed E-state index contributed by atoms with van der Waals surface area (Å²) >= 11 is 17.8. The number of amides is 2. The first kappa shape index (κ1) is 20.7. The zero-order valence-electron chi connectivity index (χ0n) is 14.8. The minimum absolute atomic E-state index is 0.173. The molecule has 1 atom stereocenters. The second-order valence-corrected chi connectivity index (χ2v) is 7.67. The Labute approximate surface area is 177 Å². The first-order valence-corrected chi connectivity index (χ1v) is 9.84. The van der Waals surface area contributed by atoms with Crippen molar-refractivity contribution in [3.8, 4) is 5.75 Å². The van der Waals surface area contributed by atoms with Gasteiger partial charge < -0.3 is 15.0 Å². The van der Waals surface area contributed by atoms with Crippen LogP contribution in [0.15, 0.2) is 36.5 Å². The maximum atomic E-state index is 12.5. The topological polar surface area (TPSA) is 71.5 Å². The predicted molar refractivity (Wildman–Crippen MR) is 109 cm³/mol. The number of piperidine rings is 1. The highest BCUT2D eigenvalue weighted by Gasteiger charge is 2.29. The summed E-state index contributed by atoms with van der Waals surface area (Å²) in [6, 6.07) is 8.09. The van der Waals surface area contributed by atoms with E-state index in [2.05, 4.69) is 10.3 Å². The summed E-state index contributed by atoms with van der Waals surface area (Å²) in [7, 11) is 0. The van der Waals surface area contributed by atoms with Gasteiger partial charge in [0.2, 0.25) is 5.91 Å². The summed E-state index contributed by atoms with van der Waals surface area (Å²) in [5.74, 6) is 0.0774.